The van der Waals surface area contributed by atoms with E-state index in [1.54, 1.807) is 6.07 Å². The van der Waals surface area contributed by atoms with Gasteiger partial charge >= 0.3 is 0 Å². The quantitative estimate of drug-likeness (QED) is 0.754. The predicted molar refractivity (Wildman–Crippen MR) is 67.3 cm³/mol. The number of aryl methyl sites for hydroxylation is 1. The van der Waals surface area contributed by atoms with Crippen LogP contribution in [0.5, 0.6) is 0 Å². The zero-order valence-corrected chi connectivity index (χ0v) is 10.7. The fraction of sp³-hybridized carbons (Fsp3) is 0.571. The smallest absolute Gasteiger partial charge is 0.126 e. The first-order valence-corrected chi connectivity index (χ1v) is 5.94. The van der Waals surface area contributed by atoms with Gasteiger partial charge in [0.05, 0.1) is 0 Å². The Balaban J connectivity index is 2.83. The molecule has 0 atom stereocenters. The first-order chi connectivity index (χ1) is 7.47. The second-order valence-corrected chi connectivity index (χ2v) is 4.97. The minimum absolute atomic E-state index is 0.0906. The second-order valence-electron chi connectivity index (χ2n) is 4.97. The van der Waals surface area contributed by atoms with Crippen LogP contribution in [0.4, 0.5) is 4.39 Å². The van der Waals surface area contributed by atoms with Crippen molar-refractivity contribution in [2.45, 2.75) is 39.5 Å². The summed E-state index contributed by atoms with van der Waals surface area (Å²) in [4.78, 5) is 0. The standard InChI is InChI=1S/C14H22FN/c1-5-16-9-8-14(3,4)12-10-11(2)6-7-13(12)15/h6-7,10,16H,5,8-9H2,1-4H3. The van der Waals surface area contributed by atoms with E-state index in [9.17, 15) is 4.39 Å². The van der Waals surface area contributed by atoms with Crippen LogP contribution in [-0.2, 0) is 5.41 Å². The van der Waals surface area contributed by atoms with Gasteiger partial charge in [0.2, 0.25) is 0 Å². The van der Waals surface area contributed by atoms with Crippen LogP contribution in [0.2, 0.25) is 0 Å². The lowest BCUT2D eigenvalue weighted by Crippen LogP contribution is -2.26. The first-order valence-electron chi connectivity index (χ1n) is 5.94. The summed E-state index contributed by atoms with van der Waals surface area (Å²) in [5.74, 6) is -0.0906. The maximum Gasteiger partial charge on any atom is 0.126 e. The Hall–Kier alpha value is -0.890. The van der Waals surface area contributed by atoms with Crippen LogP contribution in [0.3, 0.4) is 0 Å². The number of halogens is 1. The van der Waals surface area contributed by atoms with E-state index in [0.717, 1.165) is 30.6 Å². The summed E-state index contributed by atoms with van der Waals surface area (Å²) in [5, 5.41) is 3.29. The minimum Gasteiger partial charge on any atom is -0.317 e. The molecule has 0 aliphatic rings. The molecule has 1 N–H and O–H groups in total. The van der Waals surface area contributed by atoms with Crippen LogP contribution >= 0.6 is 0 Å². The fourth-order valence-corrected chi connectivity index (χ4v) is 1.87. The van der Waals surface area contributed by atoms with Gasteiger partial charge in [-0.1, -0.05) is 38.5 Å². The largest absolute Gasteiger partial charge is 0.317 e. The van der Waals surface area contributed by atoms with E-state index in [1.807, 2.05) is 19.1 Å². The molecular formula is C14H22FN. The number of nitrogens with one attached hydrogen (secondary N) is 1. The molecule has 0 aliphatic carbocycles. The third-order valence-corrected chi connectivity index (χ3v) is 3.03. The Morgan fingerprint density at radius 3 is 2.62 bits per heavy atom. The van der Waals surface area contributed by atoms with Crippen molar-refractivity contribution >= 4 is 0 Å². The van der Waals surface area contributed by atoms with E-state index in [4.69, 9.17) is 0 Å². The van der Waals surface area contributed by atoms with Crippen LogP contribution in [0.15, 0.2) is 18.2 Å². The van der Waals surface area contributed by atoms with Gasteiger partial charge in [-0.2, -0.15) is 0 Å². The van der Waals surface area contributed by atoms with Gasteiger partial charge < -0.3 is 5.32 Å². The molecule has 16 heavy (non-hydrogen) atoms. The topological polar surface area (TPSA) is 12.0 Å². The minimum atomic E-state index is -0.113. The van der Waals surface area contributed by atoms with Gasteiger partial charge in [-0.25, -0.2) is 4.39 Å². The van der Waals surface area contributed by atoms with Gasteiger partial charge in [0, 0.05) is 0 Å². The normalized spacial score (nSPS) is 11.8. The molecule has 1 aromatic rings. The van der Waals surface area contributed by atoms with Crippen molar-refractivity contribution in [1.82, 2.24) is 5.32 Å². The SMILES string of the molecule is CCNCCC(C)(C)c1cc(C)ccc1F. The monoisotopic (exact) mass is 223 g/mol. The summed E-state index contributed by atoms with van der Waals surface area (Å²) >= 11 is 0. The first kappa shape index (κ1) is 13.2. The van der Waals surface area contributed by atoms with Crippen LogP contribution < -0.4 is 5.32 Å². The molecule has 0 aliphatic heterocycles. The summed E-state index contributed by atoms with van der Waals surface area (Å²) < 4.78 is 13.8. The zero-order valence-electron chi connectivity index (χ0n) is 10.7. The van der Waals surface area contributed by atoms with Gasteiger partial charge in [-0.15, -0.1) is 0 Å². The highest BCUT2D eigenvalue weighted by molar-refractivity contribution is 5.30. The molecule has 0 aromatic heterocycles. The Morgan fingerprint density at radius 2 is 2.00 bits per heavy atom. The predicted octanol–water partition coefficient (Wildman–Crippen LogP) is 3.41. The maximum atomic E-state index is 13.8. The summed E-state index contributed by atoms with van der Waals surface area (Å²) in [6.07, 6.45) is 0.946. The average Bonchev–Trinajstić information content (AvgIpc) is 2.22. The Labute approximate surface area is 98.1 Å². The van der Waals surface area contributed by atoms with Crippen LogP contribution in [0.25, 0.3) is 0 Å². The Kier molecular flexibility index (Phi) is 4.48. The summed E-state index contributed by atoms with van der Waals surface area (Å²) in [6.45, 7) is 10.2. The lowest BCUT2D eigenvalue weighted by Gasteiger charge is -2.26. The second kappa shape index (κ2) is 5.44. The average molecular weight is 223 g/mol. The molecular weight excluding hydrogens is 201 g/mol. The van der Waals surface area contributed by atoms with Crippen LogP contribution in [0.1, 0.15) is 38.3 Å². The van der Waals surface area contributed by atoms with Gasteiger partial charge in [0.1, 0.15) is 5.82 Å². The fourth-order valence-electron chi connectivity index (χ4n) is 1.87. The molecule has 90 valence electrons. The highest BCUT2D eigenvalue weighted by atomic mass is 19.1. The van der Waals surface area contributed by atoms with E-state index < -0.39 is 0 Å². The maximum absolute atomic E-state index is 13.8. The van der Waals surface area contributed by atoms with E-state index in [-0.39, 0.29) is 11.2 Å². The van der Waals surface area contributed by atoms with Crippen molar-refractivity contribution in [3.8, 4) is 0 Å². The van der Waals surface area contributed by atoms with Crippen LogP contribution in [0, 0.1) is 12.7 Å². The molecule has 0 unspecified atom stereocenters. The molecule has 0 radical (unpaired) electrons. The number of hydrogen-bond acceptors (Lipinski definition) is 1. The molecule has 0 bridgehead atoms. The van der Waals surface area contributed by atoms with Crippen molar-refractivity contribution in [3.63, 3.8) is 0 Å². The molecule has 1 aromatic carbocycles. The van der Waals surface area contributed by atoms with Gasteiger partial charge in [0.25, 0.3) is 0 Å². The molecule has 0 amide bonds. The molecule has 0 spiro atoms. The molecule has 0 saturated heterocycles. The third-order valence-electron chi connectivity index (χ3n) is 3.03. The number of hydrogen-bond donors (Lipinski definition) is 1. The number of rotatable bonds is 5. The Morgan fingerprint density at radius 1 is 1.31 bits per heavy atom. The van der Waals surface area contributed by atoms with Crippen LogP contribution in [-0.4, -0.2) is 13.1 Å². The zero-order chi connectivity index (χ0) is 12.2. The van der Waals surface area contributed by atoms with E-state index in [0.29, 0.717) is 0 Å². The lowest BCUT2D eigenvalue weighted by atomic mass is 9.80. The van der Waals surface area contributed by atoms with Crippen molar-refractivity contribution in [3.05, 3.63) is 35.1 Å². The molecule has 0 saturated carbocycles. The van der Waals surface area contributed by atoms with Crippen molar-refractivity contribution in [2.24, 2.45) is 0 Å². The summed E-state index contributed by atoms with van der Waals surface area (Å²) in [6, 6.07) is 5.35. The lowest BCUT2D eigenvalue weighted by molar-refractivity contribution is 0.436. The summed E-state index contributed by atoms with van der Waals surface area (Å²) in [7, 11) is 0. The molecule has 1 rings (SSSR count). The van der Waals surface area contributed by atoms with Crippen molar-refractivity contribution < 1.29 is 4.39 Å². The third kappa shape index (κ3) is 3.31. The van der Waals surface area contributed by atoms with Crippen molar-refractivity contribution in [1.29, 1.82) is 0 Å². The van der Waals surface area contributed by atoms with E-state index in [1.165, 1.54) is 0 Å². The van der Waals surface area contributed by atoms with Crippen molar-refractivity contribution in [2.75, 3.05) is 13.1 Å². The molecule has 0 heterocycles. The molecule has 2 heteroatoms. The van der Waals surface area contributed by atoms with E-state index in [2.05, 4.69) is 26.1 Å². The van der Waals surface area contributed by atoms with E-state index >= 15 is 0 Å². The highest BCUT2D eigenvalue weighted by Gasteiger charge is 2.23. The highest BCUT2D eigenvalue weighted by Crippen LogP contribution is 2.29. The molecule has 1 nitrogen and oxygen atoms in total. The molecule has 0 fully saturated rings. The summed E-state index contributed by atoms with van der Waals surface area (Å²) in [5.41, 5.74) is 1.83. The van der Waals surface area contributed by atoms with Gasteiger partial charge in [0.15, 0.2) is 0 Å². The van der Waals surface area contributed by atoms with Gasteiger partial charge in [-0.3, -0.25) is 0 Å². The van der Waals surface area contributed by atoms with Gasteiger partial charge in [-0.05, 0) is 43.5 Å². The number of benzene rings is 1. The Bertz CT molecular complexity index is 345.